The predicted molar refractivity (Wildman–Crippen MR) is 55.8 cm³/mol. The van der Waals surface area contributed by atoms with Crippen molar-refractivity contribution in [1.29, 1.82) is 0 Å². The zero-order chi connectivity index (χ0) is 11.5. The Balaban J connectivity index is 1.85. The maximum absolute atomic E-state index is 11.4. The lowest BCUT2D eigenvalue weighted by Crippen LogP contribution is -2.39. The van der Waals surface area contributed by atoms with Gasteiger partial charge in [-0.05, 0) is 25.7 Å². The molecule has 0 aromatic rings. The molecule has 1 aliphatic heterocycles. The summed E-state index contributed by atoms with van der Waals surface area (Å²) in [5.41, 5.74) is 0. The topological polar surface area (TPSA) is 55.8 Å². The van der Waals surface area contributed by atoms with Crippen molar-refractivity contribution in [3.05, 3.63) is 0 Å². The van der Waals surface area contributed by atoms with Crippen LogP contribution >= 0.6 is 0 Å². The molecule has 1 saturated heterocycles. The van der Waals surface area contributed by atoms with Crippen LogP contribution in [0.1, 0.15) is 25.7 Å². The molecule has 0 spiro atoms. The van der Waals surface area contributed by atoms with Gasteiger partial charge < -0.3 is 14.4 Å². The average molecular weight is 227 g/mol. The number of carbonyl (C=O) groups is 2. The number of methoxy groups -OCH3 is 1. The molecule has 0 radical (unpaired) electrons. The van der Waals surface area contributed by atoms with Crippen LogP contribution in [-0.4, -0.2) is 43.3 Å². The number of amides is 1. The molecule has 2 aliphatic rings. The van der Waals surface area contributed by atoms with Gasteiger partial charge in [0, 0.05) is 6.04 Å². The van der Waals surface area contributed by atoms with E-state index in [9.17, 15) is 9.59 Å². The van der Waals surface area contributed by atoms with Crippen molar-refractivity contribution in [3.8, 4) is 0 Å². The third-order valence-corrected chi connectivity index (χ3v) is 3.46. The van der Waals surface area contributed by atoms with Gasteiger partial charge in [0.05, 0.1) is 19.6 Å². The van der Waals surface area contributed by atoms with Gasteiger partial charge in [-0.15, -0.1) is 0 Å². The quantitative estimate of drug-likeness (QED) is 0.664. The maximum atomic E-state index is 11.4. The van der Waals surface area contributed by atoms with Crippen LogP contribution in [0.2, 0.25) is 0 Å². The fourth-order valence-electron chi connectivity index (χ4n) is 2.53. The Morgan fingerprint density at radius 1 is 1.38 bits per heavy atom. The second-order valence-corrected chi connectivity index (χ2v) is 4.34. The fourth-order valence-corrected chi connectivity index (χ4v) is 2.53. The molecule has 1 heterocycles. The summed E-state index contributed by atoms with van der Waals surface area (Å²) in [5, 5.41) is 0. The zero-order valence-corrected chi connectivity index (χ0v) is 9.48. The van der Waals surface area contributed by atoms with Crippen LogP contribution in [0.5, 0.6) is 0 Å². The highest BCUT2D eigenvalue weighted by Gasteiger charge is 2.34. The molecule has 2 rings (SSSR count). The number of carbonyl (C=O) groups excluding carboxylic acids is 2. The average Bonchev–Trinajstić information content (AvgIpc) is 2.75. The van der Waals surface area contributed by atoms with Crippen LogP contribution in [0.15, 0.2) is 0 Å². The Kier molecular flexibility index (Phi) is 3.31. The minimum atomic E-state index is -0.207. The Bertz CT molecular complexity index is 284. The zero-order valence-electron chi connectivity index (χ0n) is 9.48. The molecular formula is C11H17NO4. The molecule has 0 aromatic heterocycles. The van der Waals surface area contributed by atoms with E-state index in [0.29, 0.717) is 13.2 Å². The van der Waals surface area contributed by atoms with Gasteiger partial charge in [0.1, 0.15) is 6.61 Å². The van der Waals surface area contributed by atoms with E-state index in [1.807, 2.05) is 0 Å². The first-order chi connectivity index (χ1) is 7.72. The van der Waals surface area contributed by atoms with Gasteiger partial charge in [0.15, 0.2) is 0 Å². The third kappa shape index (κ3) is 2.13. The number of hydrogen-bond acceptors (Lipinski definition) is 4. The van der Waals surface area contributed by atoms with E-state index in [-0.39, 0.29) is 24.0 Å². The highest BCUT2D eigenvalue weighted by atomic mass is 16.6. The molecule has 2 fully saturated rings. The summed E-state index contributed by atoms with van der Waals surface area (Å²) >= 11 is 0. The molecule has 5 heteroatoms. The molecule has 0 aromatic carbocycles. The van der Waals surface area contributed by atoms with Crippen molar-refractivity contribution < 1.29 is 19.1 Å². The van der Waals surface area contributed by atoms with Gasteiger partial charge in [-0.1, -0.05) is 0 Å². The van der Waals surface area contributed by atoms with E-state index in [0.717, 1.165) is 25.7 Å². The van der Waals surface area contributed by atoms with Crippen molar-refractivity contribution >= 4 is 12.1 Å². The smallest absolute Gasteiger partial charge is 0.410 e. The largest absolute Gasteiger partial charge is 0.469 e. The monoisotopic (exact) mass is 227 g/mol. The van der Waals surface area contributed by atoms with E-state index in [1.165, 1.54) is 7.11 Å². The maximum Gasteiger partial charge on any atom is 0.410 e. The molecule has 0 unspecified atom stereocenters. The van der Waals surface area contributed by atoms with Gasteiger partial charge >= 0.3 is 12.1 Å². The van der Waals surface area contributed by atoms with Gasteiger partial charge in [-0.2, -0.15) is 0 Å². The minimum Gasteiger partial charge on any atom is -0.469 e. The van der Waals surface area contributed by atoms with Crippen molar-refractivity contribution in [2.75, 3.05) is 20.3 Å². The van der Waals surface area contributed by atoms with Crippen molar-refractivity contribution in [3.63, 3.8) is 0 Å². The van der Waals surface area contributed by atoms with Crippen LogP contribution in [0.3, 0.4) is 0 Å². The molecule has 1 aliphatic carbocycles. The van der Waals surface area contributed by atoms with Crippen molar-refractivity contribution in [1.82, 2.24) is 4.90 Å². The van der Waals surface area contributed by atoms with Crippen LogP contribution in [-0.2, 0) is 14.3 Å². The van der Waals surface area contributed by atoms with Crippen molar-refractivity contribution in [2.45, 2.75) is 31.7 Å². The standard InChI is InChI=1S/C11H17NO4/c1-15-10(13)8-2-4-9(5-3-8)12-6-7-16-11(12)14/h8-9H,2-7H2,1H3/t8-,9+. The molecule has 0 bridgehead atoms. The summed E-state index contributed by atoms with van der Waals surface area (Å²) in [4.78, 5) is 24.5. The molecule has 5 nitrogen and oxygen atoms in total. The van der Waals surface area contributed by atoms with Gasteiger partial charge in [0.25, 0.3) is 0 Å². The predicted octanol–water partition coefficient (Wildman–Crippen LogP) is 1.17. The summed E-state index contributed by atoms with van der Waals surface area (Å²) in [5.74, 6) is -0.109. The van der Waals surface area contributed by atoms with E-state index in [2.05, 4.69) is 0 Å². The SMILES string of the molecule is COC(=O)[C@H]1CC[C@@H](N2CCOC2=O)CC1. The number of rotatable bonds is 2. The Morgan fingerprint density at radius 2 is 2.06 bits per heavy atom. The summed E-state index contributed by atoms with van der Waals surface area (Å²) in [6.07, 6.45) is 3.15. The van der Waals surface area contributed by atoms with Gasteiger partial charge in [-0.25, -0.2) is 4.79 Å². The summed E-state index contributed by atoms with van der Waals surface area (Å²) in [7, 11) is 1.42. The van der Waals surface area contributed by atoms with E-state index in [4.69, 9.17) is 9.47 Å². The molecule has 0 N–H and O–H groups in total. The fraction of sp³-hybridized carbons (Fsp3) is 0.818. The lowest BCUT2D eigenvalue weighted by Gasteiger charge is -2.31. The highest BCUT2D eigenvalue weighted by molar-refractivity contribution is 5.72. The Hall–Kier alpha value is -1.26. The molecule has 16 heavy (non-hydrogen) atoms. The first kappa shape index (κ1) is 11.2. The van der Waals surface area contributed by atoms with Crippen LogP contribution in [0.4, 0.5) is 4.79 Å². The number of hydrogen-bond donors (Lipinski definition) is 0. The third-order valence-electron chi connectivity index (χ3n) is 3.46. The molecular weight excluding hydrogens is 210 g/mol. The summed E-state index contributed by atoms with van der Waals surface area (Å²) < 4.78 is 9.64. The van der Waals surface area contributed by atoms with Crippen LogP contribution in [0, 0.1) is 5.92 Å². The number of ether oxygens (including phenoxy) is 2. The lowest BCUT2D eigenvalue weighted by molar-refractivity contribution is -0.146. The lowest BCUT2D eigenvalue weighted by atomic mass is 9.85. The molecule has 1 amide bonds. The van der Waals surface area contributed by atoms with Crippen LogP contribution in [0.25, 0.3) is 0 Å². The van der Waals surface area contributed by atoms with Gasteiger partial charge in [-0.3, -0.25) is 4.79 Å². The van der Waals surface area contributed by atoms with E-state index >= 15 is 0 Å². The second-order valence-electron chi connectivity index (χ2n) is 4.34. The number of nitrogens with zero attached hydrogens (tertiary/aromatic N) is 1. The minimum absolute atomic E-state index is 0.0138. The molecule has 0 atom stereocenters. The Labute approximate surface area is 94.7 Å². The van der Waals surface area contributed by atoms with Crippen molar-refractivity contribution in [2.24, 2.45) is 5.92 Å². The first-order valence-corrected chi connectivity index (χ1v) is 5.73. The van der Waals surface area contributed by atoms with Gasteiger partial charge in [0.2, 0.25) is 0 Å². The number of esters is 1. The normalized spacial score (nSPS) is 30.1. The highest BCUT2D eigenvalue weighted by Crippen LogP contribution is 2.29. The summed E-state index contributed by atoms with van der Waals surface area (Å²) in [6.45, 7) is 1.18. The summed E-state index contributed by atoms with van der Waals surface area (Å²) in [6, 6.07) is 0.246. The van der Waals surface area contributed by atoms with E-state index in [1.54, 1.807) is 4.90 Å². The second kappa shape index (κ2) is 4.72. The Morgan fingerprint density at radius 3 is 2.56 bits per heavy atom. The molecule has 90 valence electrons. The van der Waals surface area contributed by atoms with E-state index < -0.39 is 0 Å². The van der Waals surface area contributed by atoms with Crippen LogP contribution < -0.4 is 0 Å². The molecule has 1 saturated carbocycles. The first-order valence-electron chi connectivity index (χ1n) is 5.73. The number of cyclic esters (lactones) is 1.